The number of fused-ring (bicyclic) bond motifs is 1. The molecule has 0 fully saturated rings. The van der Waals surface area contributed by atoms with E-state index in [0.29, 0.717) is 5.69 Å². The van der Waals surface area contributed by atoms with E-state index >= 15 is 0 Å². The van der Waals surface area contributed by atoms with E-state index in [9.17, 15) is 31.3 Å². The van der Waals surface area contributed by atoms with Gasteiger partial charge in [-0.25, -0.2) is 13.1 Å². The van der Waals surface area contributed by atoms with Crippen LogP contribution in [0.1, 0.15) is 6.92 Å². The molecule has 0 bridgehead atoms. The van der Waals surface area contributed by atoms with Crippen molar-refractivity contribution in [2.45, 2.75) is 16.7 Å². The first-order valence-electron chi connectivity index (χ1n) is 12.0. The Morgan fingerprint density at radius 3 is 1.95 bits per heavy atom. The molecule has 0 saturated carbocycles. The van der Waals surface area contributed by atoms with Crippen LogP contribution in [0.3, 0.4) is 0 Å². The lowest BCUT2D eigenvalue weighted by Crippen LogP contribution is -2.28. The monoisotopic (exact) mass is 628 g/mol. The number of ether oxygens (including phenoxy) is 2. The number of azo groups is 2. The number of methoxy groups -OCH3 is 2. The third-order valence-corrected chi connectivity index (χ3v) is 8.11. The number of benzene rings is 4. The zero-order valence-corrected chi connectivity index (χ0v) is 24.3. The first-order chi connectivity index (χ1) is 20.2. The van der Waals surface area contributed by atoms with E-state index in [2.05, 4.69) is 20.5 Å². The number of amides is 1. The zero-order valence-electron chi connectivity index (χ0n) is 22.7. The smallest absolute Gasteiger partial charge is 0.296 e. The molecule has 0 heterocycles. The van der Waals surface area contributed by atoms with Gasteiger partial charge in [-0.05, 0) is 47.9 Å². The second-order valence-corrected chi connectivity index (χ2v) is 11.9. The summed E-state index contributed by atoms with van der Waals surface area (Å²) < 4.78 is 70.8. The molecule has 5 N–H and O–H groups in total. The number of nitrogen functional groups attached to an aromatic ring is 1. The number of phenolic OH excluding ortho intramolecular Hbond substituents is 1. The number of nitrogens with zero attached hydrogens (tertiary/aromatic N) is 4. The maximum absolute atomic E-state index is 12.1. The Bertz CT molecular complexity index is 2010. The van der Waals surface area contributed by atoms with E-state index in [1.807, 2.05) is 4.72 Å². The highest BCUT2D eigenvalue weighted by Crippen LogP contribution is 2.44. The Hall–Kier alpha value is -5.13. The average Bonchev–Trinajstić information content (AvgIpc) is 2.94. The Labute approximate surface area is 245 Å². The van der Waals surface area contributed by atoms with Crippen molar-refractivity contribution in [3.63, 3.8) is 0 Å². The van der Waals surface area contributed by atoms with Crippen LogP contribution >= 0.6 is 0 Å². The lowest BCUT2D eigenvalue weighted by Gasteiger charge is -2.11. The molecule has 17 heteroatoms. The summed E-state index contributed by atoms with van der Waals surface area (Å²) in [5.41, 5.74) is 6.06. The molecule has 4 rings (SSSR count). The maximum Gasteiger partial charge on any atom is 0.296 e. The molecule has 0 saturated heterocycles. The summed E-state index contributed by atoms with van der Waals surface area (Å²) in [6.07, 6.45) is 0. The van der Waals surface area contributed by atoms with Crippen LogP contribution in [-0.4, -0.2) is 46.6 Å². The molecule has 0 aromatic heterocycles. The number of sulfonamides is 1. The van der Waals surface area contributed by atoms with Gasteiger partial charge in [0.2, 0.25) is 5.91 Å². The Kier molecular flexibility index (Phi) is 8.60. The van der Waals surface area contributed by atoms with Gasteiger partial charge < -0.3 is 20.3 Å². The molecule has 1 amide bonds. The van der Waals surface area contributed by atoms with Gasteiger partial charge in [-0.3, -0.25) is 9.35 Å². The van der Waals surface area contributed by atoms with Crippen LogP contribution in [0.5, 0.6) is 17.2 Å². The second kappa shape index (κ2) is 12.0. The number of carbonyl (C=O) groups excluding carboxylic acids is 1. The Morgan fingerprint density at radius 2 is 1.42 bits per heavy atom. The van der Waals surface area contributed by atoms with Crippen LogP contribution in [0, 0.1) is 0 Å². The molecule has 0 spiro atoms. The number of carbonyl (C=O) groups is 1. The minimum absolute atomic E-state index is 0.0409. The Morgan fingerprint density at radius 1 is 0.837 bits per heavy atom. The van der Waals surface area contributed by atoms with Gasteiger partial charge in [0, 0.05) is 30.1 Å². The largest absolute Gasteiger partial charge is 0.505 e. The quantitative estimate of drug-likeness (QED) is 0.109. The summed E-state index contributed by atoms with van der Waals surface area (Å²) in [5.74, 6) is -1.05. The molecule has 0 aliphatic heterocycles. The topological polar surface area (TPSA) is 232 Å². The number of nitrogens with one attached hydrogen (secondary N) is 1. The summed E-state index contributed by atoms with van der Waals surface area (Å²) in [4.78, 5) is 10.3. The molecule has 0 aliphatic carbocycles. The van der Waals surface area contributed by atoms with Gasteiger partial charge in [0.05, 0.1) is 24.8 Å². The highest BCUT2D eigenvalue weighted by atomic mass is 32.2. The van der Waals surface area contributed by atoms with Gasteiger partial charge in [0.1, 0.15) is 33.5 Å². The predicted molar refractivity (Wildman–Crippen MR) is 155 cm³/mol. The molecule has 4 aromatic carbocycles. The fourth-order valence-corrected chi connectivity index (χ4v) is 5.48. The number of hydrogen-bond donors (Lipinski definition) is 4. The van der Waals surface area contributed by atoms with Crippen molar-refractivity contribution in [1.82, 2.24) is 4.72 Å². The van der Waals surface area contributed by atoms with Gasteiger partial charge >= 0.3 is 0 Å². The first-order valence-corrected chi connectivity index (χ1v) is 14.9. The molecular weight excluding hydrogens is 604 g/mol. The normalized spacial score (nSPS) is 12.2. The SMILES string of the molecule is COc1cc(N=Nc2c(S(=O)(=O)O)cc3ccc(N)cc3c2O)c(OC)cc1N=Nc1ccc(S(=O)(=O)NC(C)=O)cc1. The van der Waals surface area contributed by atoms with E-state index in [1.165, 1.54) is 68.8 Å². The number of rotatable bonds is 9. The van der Waals surface area contributed by atoms with Crippen molar-refractivity contribution in [1.29, 1.82) is 0 Å². The van der Waals surface area contributed by atoms with Crippen molar-refractivity contribution < 1.29 is 40.8 Å². The number of hydrogen-bond acceptors (Lipinski definition) is 13. The molecule has 15 nitrogen and oxygen atoms in total. The van der Waals surface area contributed by atoms with E-state index in [1.54, 1.807) is 0 Å². The second-order valence-electron chi connectivity index (χ2n) is 8.78. The van der Waals surface area contributed by atoms with E-state index in [-0.39, 0.29) is 44.2 Å². The molecule has 4 aromatic rings. The van der Waals surface area contributed by atoms with Gasteiger partial charge in [-0.1, -0.05) is 6.07 Å². The summed E-state index contributed by atoms with van der Waals surface area (Å²) in [6, 6.07) is 13.5. The molecule has 224 valence electrons. The minimum Gasteiger partial charge on any atom is -0.505 e. The molecule has 0 atom stereocenters. The first kappa shape index (κ1) is 30.8. The third kappa shape index (κ3) is 6.85. The third-order valence-electron chi connectivity index (χ3n) is 5.79. The number of nitrogens with two attached hydrogens (primary N) is 1. The summed E-state index contributed by atoms with van der Waals surface area (Å²) in [7, 11) is -6.17. The standard InChI is InChI=1S/C26H24N6O9S2/c1-14(33)32-42(35,36)18-8-6-17(7-9-18)28-29-20-12-23(41-3)21(13-22(20)40-2)30-31-25-24(43(37,38)39)10-15-4-5-16(27)11-19(15)26(25)34/h4-13,34H,27H2,1-3H3,(H,32,33)(H,37,38,39). The van der Waals surface area contributed by atoms with Crippen LogP contribution in [0.2, 0.25) is 0 Å². The van der Waals surface area contributed by atoms with E-state index in [4.69, 9.17) is 15.2 Å². The van der Waals surface area contributed by atoms with Crippen LogP contribution in [0.15, 0.2) is 90.9 Å². The van der Waals surface area contributed by atoms with Gasteiger partial charge in [0.25, 0.3) is 20.1 Å². The minimum atomic E-state index is -4.83. The number of phenols is 1. The van der Waals surface area contributed by atoms with Crippen molar-refractivity contribution in [3.8, 4) is 17.2 Å². The summed E-state index contributed by atoms with van der Waals surface area (Å²) in [6.45, 7) is 1.08. The molecule has 43 heavy (non-hydrogen) atoms. The van der Waals surface area contributed by atoms with E-state index < -0.39 is 42.4 Å². The van der Waals surface area contributed by atoms with Crippen molar-refractivity contribution in [2.24, 2.45) is 20.5 Å². The Balaban J connectivity index is 1.71. The lowest BCUT2D eigenvalue weighted by molar-refractivity contribution is -0.117. The summed E-state index contributed by atoms with van der Waals surface area (Å²) in [5, 5.41) is 27.4. The molecular formula is C26H24N6O9S2. The maximum atomic E-state index is 12.1. The van der Waals surface area contributed by atoms with Crippen molar-refractivity contribution in [3.05, 3.63) is 60.7 Å². The van der Waals surface area contributed by atoms with Gasteiger partial charge in [-0.2, -0.15) is 13.5 Å². The van der Waals surface area contributed by atoms with Gasteiger partial charge in [-0.15, -0.1) is 15.3 Å². The van der Waals surface area contributed by atoms with E-state index in [0.717, 1.165) is 13.0 Å². The molecule has 0 unspecified atom stereocenters. The average molecular weight is 629 g/mol. The lowest BCUT2D eigenvalue weighted by atomic mass is 10.1. The molecule has 0 radical (unpaired) electrons. The van der Waals surface area contributed by atoms with Crippen LogP contribution in [0.25, 0.3) is 10.8 Å². The highest BCUT2D eigenvalue weighted by Gasteiger charge is 2.22. The fourth-order valence-electron chi connectivity index (χ4n) is 3.83. The van der Waals surface area contributed by atoms with Crippen LogP contribution in [-0.2, 0) is 24.9 Å². The van der Waals surface area contributed by atoms with Crippen molar-refractivity contribution >= 4 is 65.3 Å². The number of aromatic hydroxyl groups is 1. The highest BCUT2D eigenvalue weighted by molar-refractivity contribution is 7.90. The molecule has 0 aliphatic rings. The van der Waals surface area contributed by atoms with Crippen LogP contribution < -0.4 is 19.9 Å². The summed E-state index contributed by atoms with van der Waals surface area (Å²) >= 11 is 0. The van der Waals surface area contributed by atoms with Gasteiger partial charge in [0.15, 0.2) is 5.75 Å². The number of anilines is 1. The fraction of sp³-hybridized carbons (Fsp3) is 0.115. The van der Waals surface area contributed by atoms with Crippen molar-refractivity contribution in [2.75, 3.05) is 20.0 Å². The predicted octanol–water partition coefficient (Wildman–Crippen LogP) is 5.05. The van der Waals surface area contributed by atoms with Crippen LogP contribution in [0.4, 0.5) is 28.4 Å². The zero-order chi connectivity index (χ0) is 31.5.